The number of hydrogen-bond donors (Lipinski definition) is 1. The molecule has 0 aliphatic carbocycles. The van der Waals surface area contributed by atoms with E-state index in [4.69, 9.17) is 0 Å². The molecule has 0 aromatic heterocycles. The molecular weight excluding hydrogens is 362 g/mol. The van der Waals surface area contributed by atoms with Gasteiger partial charge < -0.3 is 10.2 Å². The number of piperidine rings is 1. The molecule has 2 heterocycles. The highest BCUT2D eigenvalue weighted by atomic mass is 32.2. The van der Waals surface area contributed by atoms with Crippen LogP contribution in [0.5, 0.6) is 0 Å². The molecule has 0 bridgehead atoms. The molecule has 1 aromatic rings. The van der Waals surface area contributed by atoms with Gasteiger partial charge in [-0.05, 0) is 75.4 Å². The first kappa shape index (κ1) is 20.3. The first-order valence-electron chi connectivity index (χ1n) is 10.1. The highest BCUT2D eigenvalue weighted by molar-refractivity contribution is 7.89. The quantitative estimate of drug-likeness (QED) is 0.722. The zero-order chi connectivity index (χ0) is 19.3. The Morgan fingerprint density at radius 1 is 1.11 bits per heavy atom. The summed E-state index contributed by atoms with van der Waals surface area (Å²) in [6, 6.07) is 6.28. The van der Waals surface area contributed by atoms with Crippen LogP contribution in [-0.2, 0) is 10.0 Å². The maximum atomic E-state index is 12.5. The van der Waals surface area contributed by atoms with Gasteiger partial charge in [0.2, 0.25) is 10.0 Å². The van der Waals surface area contributed by atoms with Crippen LogP contribution in [0.15, 0.2) is 29.2 Å². The molecule has 1 N–H and O–H groups in total. The Balaban J connectivity index is 1.46. The zero-order valence-corrected chi connectivity index (χ0v) is 17.0. The van der Waals surface area contributed by atoms with Crippen molar-refractivity contribution in [2.24, 2.45) is 5.92 Å². The Labute approximate surface area is 163 Å². The molecule has 6 nitrogen and oxygen atoms in total. The largest absolute Gasteiger partial charge is 0.352 e. The van der Waals surface area contributed by atoms with Gasteiger partial charge in [0.1, 0.15) is 0 Å². The molecule has 0 saturated carbocycles. The number of rotatable bonds is 7. The molecule has 27 heavy (non-hydrogen) atoms. The van der Waals surface area contributed by atoms with E-state index < -0.39 is 10.0 Å². The van der Waals surface area contributed by atoms with Crippen molar-refractivity contribution in [2.45, 2.75) is 43.9 Å². The minimum Gasteiger partial charge on any atom is -0.352 e. The van der Waals surface area contributed by atoms with Gasteiger partial charge in [-0.1, -0.05) is 6.92 Å². The Morgan fingerprint density at radius 2 is 1.81 bits per heavy atom. The average Bonchev–Trinajstić information content (AvgIpc) is 3.21. The summed E-state index contributed by atoms with van der Waals surface area (Å²) >= 11 is 0. The summed E-state index contributed by atoms with van der Waals surface area (Å²) < 4.78 is 26.6. The summed E-state index contributed by atoms with van der Waals surface area (Å²) in [5, 5.41) is 2.94. The van der Waals surface area contributed by atoms with Crippen molar-refractivity contribution in [3.63, 3.8) is 0 Å². The average molecular weight is 394 g/mol. The topological polar surface area (TPSA) is 69.7 Å². The van der Waals surface area contributed by atoms with E-state index >= 15 is 0 Å². The number of carbonyl (C=O) groups is 1. The number of amides is 1. The van der Waals surface area contributed by atoms with Crippen molar-refractivity contribution in [3.8, 4) is 0 Å². The lowest BCUT2D eigenvalue weighted by Crippen LogP contribution is -2.36. The number of nitrogens with zero attached hydrogens (tertiary/aromatic N) is 2. The number of likely N-dealkylation sites (tertiary alicyclic amines) is 1. The third kappa shape index (κ3) is 5.30. The standard InChI is InChI=1S/C20H31N3O3S/c1-17-6-4-12-22(16-17)13-5-11-21-20(24)18-7-9-19(10-8-18)27(25,26)23-14-2-3-15-23/h7-10,17H,2-6,11-16H2,1H3,(H,21,24)/t17-/m1/s1. The van der Waals surface area contributed by atoms with Gasteiger partial charge in [0, 0.05) is 31.7 Å². The van der Waals surface area contributed by atoms with Crippen LogP contribution in [0.25, 0.3) is 0 Å². The first-order chi connectivity index (χ1) is 13.0. The van der Waals surface area contributed by atoms with E-state index in [1.165, 1.54) is 29.3 Å². The number of benzene rings is 1. The van der Waals surface area contributed by atoms with Crippen LogP contribution in [0.4, 0.5) is 0 Å². The monoisotopic (exact) mass is 393 g/mol. The predicted octanol–water partition coefficient (Wildman–Crippen LogP) is 2.32. The van der Waals surface area contributed by atoms with Gasteiger partial charge in [0.05, 0.1) is 4.90 Å². The van der Waals surface area contributed by atoms with E-state index in [-0.39, 0.29) is 10.8 Å². The lowest BCUT2D eigenvalue weighted by Gasteiger charge is -2.30. The second-order valence-electron chi connectivity index (χ2n) is 7.79. The summed E-state index contributed by atoms with van der Waals surface area (Å²) in [7, 11) is -3.42. The molecule has 2 aliphatic heterocycles. The maximum Gasteiger partial charge on any atom is 0.251 e. The SMILES string of the molecule is C[C@@H]1CCCN(CCCNC(=O)c2ccc(S(=O)(=O)N3CCCC3)cc2)C1. The molecule has 1 aromatic carbocycles. The third-order valence-electron chi connectivity index (χ3n) is 5.50. The molecule has 1 atom stereocenters. The molecule has 2 aliphatic rings. The molecule has 3 rings (SSSR count). The molecular formula is C20H31N3O3S. The van der Waals surface area contributed by atoms with Gasteiger partial charge in [0.25, 0.3) is 5.91 Å². The van der Waals surface area contributed by atoms with Crippen LogP contribution in [0.1, 0.15) is 49.4 Å². The highest BCUT2D eigenvalue weighted by Gasteiger charge is 2.27. The van der Waals surface area contributed by atoms with Crippen molar-refractivity contribution in [3.05, 3.63) is 29.8 Å². The second kappa shape index (κ2) is 9.17. The predicted molar refractivity (Wildman–Crippen MR) is 106 cm³/mol. The molecule has 2 fully saturated rings. The van der Waals surface area contributed by atoms with Crippen molar-refractivity contribution in [1.29, 1.82) is 0 Å². The van der Waals surface area contributed by atoms with E-state index in [9.17, 15) is 13.2 Å². The highest BCUT2D eigenvalue weighted by Crippen LogP contribution is 2.21. The molecule has 2 saturated heterocycles. The molecule has 0 spiro atoms. The van der Waals surface area contributed by atoms with Crippen molar-refractivity contribution < 1.29 is 13.2 Å². The van der Waals surface area contributed by atoms with Crippen LogP contribution in [-0.4, -0.2) is 62.8 Å². The summed E-state index contributed by atoms with van der Waals surface area (Å²) in [6.07, 6.45) is 5.34. The number of sulfonamides is 1. The minimum atomic E-state index is -3.42. The fourth-order valence-corrected chi connectivity index (χ4v) is 5.47. The third-order valence-corrected chi connectivity index (χ3v) is 7.41. The second-order valence-corrected chi connectivity index (χ2v) is 9.73. The van der Waals surface area contributed by atoms with Crippen molar-refractivity contribution >= 4 is 15.9 Å². The summed E-state index contributed by atoms with van der Waals surface area (Å²) in [4.78, 5) is 15.0. The lowest BCUT2D eigenvalue weighted by molar-refractivity contribution is 0.0950. The van der Waals surface area contributed by atoms with E-state index in [1.54, 1.807) is 12.1 Å². The fourth-order valence-electron chi connectivity index (χ4n) is 3.95. The first-order valence-corrected chi connectivity index (χ1v) is 11.5. The van der Waals surface area contributed by atoms with E-state index in [2.05, 4.69) is 17.1 Å². The van der Waals surface area contributed by atoms with Crippen molar-refractivity contribution in [2.75, 3.05) is 39.3 Å². The molecule has 1 amide bonds. The van der Waals surface area contributed by atoms with Crippen molar-refractivity contribution in [1.82, 2.24) is 14.5 Å². The zero-order valence-electron chi connectivity index (χ0n) is 16.2. The molecule has 0 unspecified atom stereocenters. The van der Waals surface area contributed by atoms with Crippen LogP contribution in [0.3, 0.4) is 0 Å². The maximum absolute atomic E-state index is 12.5. The van der Waals surface area contributed by atoms with E-state index in [0.29, 0.717) is 25.2 Å². The van der Waals surface area contributed by atoms with Gasteiger partial charge in [-0.3, -0.25) is 4.79 Å². The van der Waals surface area contributed by atoms with Crippen LogP contribution < -0.4 is 5.32 Å². The smallest absolute Gasteiger partial charge is 0.251 e. The lowest BCUT2D eigenvalue weighted by atomic mass is 10.0. The molecule has 7 heteroatoms. The minimum absolute atomic E-state index is 0.146. The van der Waals surface area contributed by atoms with E-state index in [1.807, 2.05) is 0 Å². The summed E-state index contributed by atoms with van der Waals surface area (Å²) in [5.74, 6) is 0.621. The summed E-state index contributed by atoms with van der Waals surface area (Å²) in [5.41, 5.74) is 0.502. The number of carbonyl (C=O) groups excluding carboxylic acids is 1. The van der Waals surface area contributed by atoms with Gasteiger partial charge in [-0.25, -0.2) is 8.42 Å². The van der Waals surface area contributed by atoms with Gasteiger partial charge in [-0.15, -0.1) is 0 Å². The van der Waals surface area contributed by atoms with E-state index in [0.717, 1.165) is 44.8 Å². The van der Waals surface area contributed by atoms with Crippen LogP contribution >= 0.6 is 0 Å². The van der Waals surface area contributed by atoms with Crippen LogP contribution in [0.2, 0.25) is 0 Å². The van der Waals surface area contributed by atoms with Gasteiger partial charge in [0.15, 0.2) is 0 Å². The summed E-state index contributed by atoms with van der Waals surface area (Å²) in [6.45, 7) is 7.42. The Bertz CT molecular complexity index is 727. The van der Waals surface area contributed by atoms with Crippen LogP contribution in [0, 0.1) is 5.92 Å². The fraction of sp³-hybridized carbons (Fsp3) is 0.650. The Morgan fingerprint density at radius 3 is 2.48 bits per heavy atom. The Hall–Kier alpha value is -1.44. The number of nitrogens with one attached hydrogen (secondary N) is 1. The normalized spacial score (nSPS) is 22.0. The Kier molecular flexibility index (Phi) is 6.89. The van der Waals surface area contributed by atoms with Gasteiger partial charge >= 0.3 is 0 Å². The number of hydrogen-bond acceptors (Lipinski definition) is 4. The van der Waals surface area contributed by atoms with Gasteiger partial charge in [-0.2, -0.15) is 4.31 Å². The molecule has 0 radical (unpaired) electrons. The molecule has 150 valence electrons.